The zero-order valence-electron chi connectivity index (χ0n) is 17.2. The summed E-state index contributed by atoms with van der Waals surface area (Å²) in [6, 6.07) is 4.76. The van der Waals surface area contributed by atoms with E-state index in [1.807, 2.05) is 13.8 Å². The number of halogens is 4. The first-order valence-corrected chi connectivity index (χ1v) is 9.86. The minimum atomic E-state index is -4.70. The van der Waals surface area contributed by atoms with Crippen molar-refractivity contribution in [1.29, 1.82) is 0 Å². The number of ether oxygens (including phenoxy) is 1. The molecule has 11 heteroatoms. The molecule has 32 heavy (non-hydrogen) atoms. The van der Waals surface area contributed by atoms with Gasteiger partial charge in [-0.05, 0) is 38.5 Å². The number of carbonyl (C=O) groups excluding carboxylic acids is 1. The maximum absolute atomic E-state index is 14.2. The Morgan fingerprint density at radius 2 is 2.03 bits per heavy atom. The van der Waals surface area contributed by atoms with Gasteiger partial charge in [0.25, 0.3) is 5.91 Å². The van der Waals surface area contributed by atoms with Crippen molar-refractivity contribution in [2.45, 2.75) is 45.1 Å². The van der Waals surface area contributed by atoms with Crippen LogP contribution in [-0.4, -0.2) is 31.8 Å². The van der Waals surface area contributed by atoms with Gasteiger partial charge in [-0.15, -0.1) is 0 Å². The van der Waals surface area contributed by atoms with Crippen LogP contribution in [0.2, 0.25) is 0 Å². The molecule has 0 radical (unpaired) electrons. The molecular weight excluding hydrogens is 430 g/mol. The van der Waals surface area contributed by atoms with Gasteiger partial charge in [-0.25, -0.2) is 14.4 Å². The zero-order valence-corrected chi connectivity index (χ0v) is 17.2. The fraction of sp³-hybridized carbons (Fsp3) is 0.333. The summed E-state index contributed by atoms with van der Waals surface area (Å²) in [6.07, 6.45) is -2.27. The number of aryl methyl sites for hydroxylation is 1. The Morgan fingerprint density at radius 1 is 1.25 bits per heavy atom. The summed E-state index contributed by atoms with van der Waals surface area (Å²) >= 11 is 0. The van der Waals surface area contributed by atoms with Gasteiger partial charge in [0.2, 0.25) is 5.88 Å². The monoisotopic (exact) mass is 449 g/mol. The van der Waals surface area contributed by atoms with Crippen LogP contribution in [-0.2, 0) is 12.7 Å². The van der Waals surface area contributed by atoms with Crippen LogP contribution < -0.4 is 10.1 Å². The highest BCUT2D eigenvalue weighted by molar-refractivity contribution is 5.94. The van der Waals surface area contributed by atoms with E-state index in [0.29, 0.717) is 42.4 Å². The number of alkyl halides is 3. The number of fused-ring (bicyclic) bond motifs is 1. The molecule has 0 spiro atoms. The van der Waals surface area contributed by atoms with Crippen LogP contribution >= 0.6 is 0 Å². The lowest BCUT2D eigenvalue weighted by Crippen LogP contribution is -2.27. The first-order chi connectivity index (χ1) is 15.1. The lowest BCUT2D eigenvalue weighted by atomic mass is 10.1. The second-order valence-electron chi connectivity index (χ2n) is 7.59. The number of nitrogens with one attached hydrogen (secondary N) is 1. The summed E-state index contributed by atoms with van der Waals surface area (Å²) in [5, 5.41) is 7.10. The maximum atomic E-state index is 14.2. The zero-order chi connectivity index (χ0) is 23.0. The number of nitrogens with zero attached hydrogens (tertiary/aromatic N) is 4. The van der Waals surface area contributed by atoms with E-state index in [1.165, 1.54) is 18.3 Å². The van der Waals surface area contributed by atoms with Crippen molar-refractivity contribution in [2.75, 3.05) is 0 Å². The number of carbonyl (C=O) groups is 1. The average molecular weight is 449 g/mol. The Balaban J connectivity index is 1.56. The molecule has 3 aromatic rings. The van der Waals surface area contributed by atoms with Crippen LogP contribution in [0.1, 0.15) is 48.1 Å². The fourth-order valence-electron chi connectivity index (χ4n) is 3.46. The van der Waals surface area contributed by atoms with E-state index in [9.17, 15) is 22.4 Å². The predicted molar refractivity (Wildman–Crippen MR) is 105 cm³/mol. The molecule has 0 aliphatic carbocycles. The molecule has 1 atom stereocenters. The smallest absolute Gasteiger partial charge is 0.433 e. The standard InChI is InChI=1S/C21H19F4N5O2/c1-11(2)32-19-7-12(3-5-26-19)20(31)28-15-4-6-30-17(15)9-16(29-30)13-8-18(21(23,24)25)27-10-14(13)22/h3,5,7-11,15H,4,6H2,1-2H3,(H,28,31)/t15-/m0/s1. The molecule has 7 nitrogen and oxygen atoms in total. The first-order valence-electron chi connectivity index (χ1n) is 9.86. The normalized spacial score (nSPS) is 15.7. The van der Waals surface area contributed by atoms with Crippen molar-refractivity contribution in [1.82, 2.24) is 25.1 Å². The topological polar surface area (TPSA) is 81.9 Å². The van der Waals surface area contributed by atoms with E-state index in [2.05, 4.69) is 20.4 Å². The van der Waals surface area contributed by atoms with Gasteiger partial charge >= 0.3 is 6.18 Å². The van der Waals surface area contributed by atoms with E-state index in [-0.39, 0.29) is 23.3 Å². The molecular formula is C21H19F4N5O2. The maximum Gasteiger partial charge on any atom is 0.433 e. The van der Waals surface area contributed by atoms with E-state index < -0.39 is 23.7 Å². The van der Waals surface area contributed by atoms with Crippen LogP contribution in [0.15, 0.2) is 36.7 Å². The van der Waals surface area contributed by atoms with E-state index in [4.69, 9.17) is 4.74 Å². The largest absolute Gasteiger partial charge is 0.475 e. The van der Waals surface area contributed by atoms with E-state index in [0.717, 1.165) is 0 Å². The summed E-state index contributed by atoms with van der Waals surface area (Å²) in [5.41, 5.74) is -0.538. The van der Waals surface area contributed by atoms with Gasteiger partial charge < -0.3 is 10.1 Å². The van der Waals surface area contributed by atoms with Gasteiger partial charge in [0.15, 0.2) is 5.82 Å². The molecule has 1 aliphatic heterocycles. The molecule has 1 aliphatic rings. The first kappa shape index (κ1) is 21.7. The fourth-order valence-corrected chi connectivity index (χ4v) is 3.46. The second-order valence-corrected chi connectivity index (χ2v) is 7.59. The lowest BCUT2D eigenvalue weighted by molar-refractivity contribution is -0.141. The minimum Gasteiger partial charge on any atom is -0.475 e. The molecule has 0 aromatic carbocycles. The Bertz CT molecular complexity index is 1160. The van der Waals surface area contributed by atoms with Crippen molar-refractivity contribution < 1.29 is 27.1 Å². The molecule has 168 valence electrons. The van der Waals surface area contributed by atoms with Crippen LogP contribution in [0, 0.1) is 5.82 Å². The molecule has 0 fully saturated rings. The third-order valence-corrected chi connectivity index (χ3v) is 4.88. The molecule has 0 bridgehead atoms. The Morgan fingerprint density at radius 3 is 2.75 bits per heavy atom. The van der Waals surface area contributed by atoms with Gasteiger partial charge in [-0.2, -0.15) is 18.3 Å². The molecule has 4 heterocycles. The Kier molecular flexibility index (Phi) is 5.57. The highest BCUT2D eigenvalue weighted by Crippen LogP contribution is 2.34. The van der Waals surface area contributed by atoms with Crippen LogP contribution in [0.4, 0.5) is 17.6 Å². The third-order valence-electron chi connectivity index (χ3n) is 4.88. The number of rotatable bonds is 5. The average Bonchev–Trinajstić information content (AvgIpc) is 3.29. The van der Waals surface area contributed by atoms with Gasteiger partial charge in [0, 0.05) is 29.9 Å². The van der Waals surface area contributed by atoms with Gasteiger partial charge in [0.05, 0.1) is 29.7 Å². The van der Waals surface area contributed by atoms with E-state index in [1.54, 1.807) is 10.7 Å². The molecule has 3 aromatic heterocycles. The lowest BCUT2D eigenvalue weighted by Gasteiger charge is -2.13. The number of aromatic nitrogens is 4. The summed E-state index contributed by atoms with van der Waals surface area (Å²) in [7, 11) is 0. The van der Waals surface area contributed by atoms with Crippen molar-refractivity contribution in [3.8, 4) is 17.1 Å². The quantitative estimate of drug-likeness (QED) is 0.592. The van der Waals surface area contributed by atoms with Gasteiger partial charge in [-0.3, -0.25) is 9.48 Å². The van der Waals surface area contributed by atoms with Crippen molar-refractivity contribution in [3.63, 3.8) is 0 Å². The van der Waals surface area contributed by atoms with Crippen molar-refractivity contribution in [2.24, 2.45) is 0 Å². The highest BCUT2D eigenvalue weighted by atomic mass is 19.4. The predicted octanol–water partition coefficient (Wildman–Crippen LogP) is 4.16. The molecule has 0 saturated carbocycles. The summed E-state index contributed by atoms with van der Waals surface area (Å²) in [4.78, 5) is 19.9. The van der Waals surface area contributed by atoms with Crippen LogP contribution in [0.3, 0.4) is 0 Å². The van der Waals surface area contributed by atoms with Crippen molar-refractivity contribution in [3.05, 3.63) is 59.4 Å². The SMILES string of the molecule is CC(C)Oc1cc(C(=O)N[C@H]2CCn3nc(-c4cc(C(F)(F)F)ncc4F)cc32)ccn1. The minimum absolute atomic E-state index is 0.0425. The number of amides is 1. The third kappa shape index (κ3) is 4.41. The molecule has 0 saturated heterocycles. The van der Waals surface area contributed by atoms with Gasteiger partial charge in [0.1, 0.15) is 5.69 Å². The van der Waals surface area contributed by atoms with Gasteiger partial charge in [-0.1, -0.05) is 0 Å². The Hall–Kier alpha value is -3.50. The molecule has 1 amide bonds. The van der Waals surface area contributed by atoms with Crippen LogP contribution in [0.5, 0.6) is 5.88 Å². The molecule has 4 rings (SSSR count). The number of hydrogen-bond acceptors (Lipinski definition) is 5. The number of pyridine rings is 2. The number of hydrogen-bond donors (Lipinski definition) is 1. The molecule has 1 N–H and O–H groups in total. The highest BCUT2D eigenvalue weighted by Gasteiger charge is 2.34. The van der Waals surface area contributed by atoms with E-state index >= 15 is 0 Å². The Labute approximate surface area is 180 Å². The summed E-state index contributed by atoms with van der Waals surface area (Å²) < 4.78 is 60.2. The molecule has 0 unspecified atom stereocenters. The summed E-state index contributed by atoms with van der Waals surface area (Å²) in [5.74, 6) is -0.957. The van der Waals surface area contributed by atoms with Crippen LogP contribution in [0.25, 0.3) is 11.3 Å². The van der Waals surface area contributed by atoms with Crippen molar-refractivity contribution >= 4 is 5.91 Å². The summed E-state index contributed by atoms with van der Waals surface area (Å²) in [6.45, 7) is 4.11. The second kappa shape index (κ2) is 8.21.